The highest BCUT2D eigenvalue weighted by Gasteiger charge is 2.34. The molecule has 162 valence electrons. The van der Waals surface area contributed by atoms with Crippen molar-refractivity contribution in [2.75, 3.05) is 33.2 Å². The van der Waals surface area contributed by atoms with Crippen molar-refractivity contribution in [3.05, 3.63) is 65.2 Å². The Morgan fingerprint density at radius 2 is 1.60 bits per heavy atom. The molecule has 6 nitrogen and oxygen atoms in total. The number of carbonyl (C=O) groups is 1. The Hall–Kier alpha value is -2.43. The van der Waals surface area contributed by atoms with Crippen LogP contribution in [0.25, 0.3) is 0 Å². The van der Waals surface area contributed by atoms with Gasteiger partial charge in [-0.3, -0.25) is 4.79 Å². The standard InChI is InChI=1S/C20H22F3N3O3S/c1-25-10-12-26(13-11-25)30(28,29)16-8-6-15(7-9-16)14-24-19(27)17-4-2-3-5-18(17)20(21,22)23/h2-9H,10-14H2,1H3,(H,24,27). The topological polar surface area (TPSA) is 69.7 Å². The second-order valence-corrected chi connectivity index (χ2v) is 9.02. The molecule has 1 aliphatic rings. The van der Waals surface area contributed by atoms with Gasteiger partial charge in [0.15, 0.2) is 0 Å². The van der Waals surface area contributed by atoms with Crippen LogP contribution in [0.15, 0.2) is 53.4 Å². The van der Waals surface area contributed by atoms with Gasteiger partial charge >= 0.3 is 6.18 Å². The highest BCUT2D eigenvalue weighted by molar-refractivity contribution is 7.89. The first-order valence-electron chi connectivity index (χ1n) is 9.31. The van der Waals surface area contributed by atoms with Crippen molar-refractivity contribution in [2.24, 2.45) is 0 Å². The predicted molar refractivity (Wildman–Crippen MR) is 105 cm³/mol. The van der Waals surface area contributed by atoms with Crippen LogP contribution in [0.1, 0.15) is 21.5 Å². The van der Waals surface area contributed by atoms with Gasteiger partial charge in [0, 0.05) is 32.7 Å². The summed E-state index contributed by atoms with van der Waals surface area (Å²) in [7, 11) is -1.67. The molecule has 0 unspecified atom stereocenters. The number of hydrogen-bond acceptors (Lipinski definition) is 4. The lowest BCUT2D eigenvalue weighted by Crippen LogP contribution is -2.47. The number of nitrogens with one attached hydrogen (secondary N) is 1. The first kappa shape index (κ1) is 22.3. The van der Waals surface area contributed by atoms with Gasteiger partial charge in [0.1, 0.15) is 0 Å². The Labute approximate surface area is 173 Å². The molecule has 3 rings (SSSR count). The summed E-state index contributed by atoms with van der Waals surface area (Å²) in [6.07, 6.45) is -4.63. The Balaban J connectivity index is 1.66. The smallest absolute Gasteiger partial charge is 0.348 e. The molecule has 1 aliphatic heterocycles. The van der Waals surface area contributed by atoms with E-state index >= 15 is 0 Å². The molecular weight excluding hydrogens is 419 g/mol. The summed E-state index contributed by atoms with van der Waals surface area (Å²) in [6.45, 7) is 2.11. The van der Waals surface area contributed by atoms with E-state index in [1.165, 1.54) is 28.6 Å². The summed E-state index contributed by atoms with van der Waals surface area (Å²) < 4.78 is 66.0. The van der Waals surface area contributed by atoms with Crippen molar-refractivity contribution < 1.29 is 26.4 Å². The number of amides is 1. The fourth-order valence-electron chi connectivity index (χ4n) is 3.16. The molecule has 0 aromatic heterocycles. The normalized spacial score (nSPS) is 16.4. The fourth-order valence-corrected chi connectivity index (χ4v) is 4.58. The lowest BCUT2D eigenvalue weighted by Gasteiger charge is -2.31. The summed E-state index contributed by atoms with van der Waals surface area (Å²) >= 11 is 0. The van der Waals surface area contributed by atoms with Crippen molar-refractivity contribution in [3.8, 4) is 0 Å². The number of benzene rings is 2. The van der Waals surface area contributed by atoms with E-state index in [9.17, 15) is 26.4 Å². The SMILES string of the molecule is CN1CCN(S(=O)(=O)c2ccc(CNC(=O)c3ccccc3C(F)(F)F)cc2)CC1. The van der Waals surface area contributed by atoms with Crippen LogP contribution < -0.4 is 5.32 Å². The zero-order valence-corrected chi connectivity index (χ0v) is 17.1. The van der Waals surface area contributed by atoms with E-state index < -0.39 is 33.2 Å². The predicted octanol–water partition coefficient (Wildman–Crippen LogP) is 2.57. The van der Waals surface area contributed by atoms with Gasteiger partial charge in [0.25, 0.3) is 5.91 Å². The molecular formula is C20H22F3N3O3S. The van der Waals surface area contributed by atoms with Gasteiger partial charge in [-0.15, -0.1) is 0 Å². The number of piperazine rings is 1. The van der Waals surface area contributed by atoms with Gasteiger partial charge in [-0.05, 0) is 36.9 Å². The molecule has 0 radical (unpaired) electrons. The Kier molecular flexibility index (Phi) is 6.49. The number of likely N-dealkylation sites (N-methyl/N-ethyl adjacent to an activating group) is 1. The largest absolute Gasteiger partial charge is 0.417 e. The van der Waals surface area contributed by atoms with Crippen molar-refractivity contribution in [2.45, 2.75) is 17.6 Å². The molecule has 2 aromatic carbocycles. The number of nitrogens with zero attached hydrogens (tertiary/aromatic N) is 2. The van der Waals surface area contributed by atoms with Crippen molar-refractivity contribution in [1.82, 2.24) is 14.5 Å². The number of sulfonamides is 1. The monoisotopic (exact) mass is 441 g/mol. The molecule has 1 N–H and O–H groups in total. The molecule has 0 saturated carbocycles. The minimum absolute atomic E-state index is 0.0279. The maximum atomic E-state index is 13.1. The third kappa shape index (κ3) is 5.00. The van der Waals surface area contributed by atoms with Crippen molar-refractivity contribution >= 4 is 15.9 Å². The van der Waals surface area contributed by atoms with E-state index in [0.29, 0.717) is 31.7 Å². The van der Waals surface area contributed by atoms with Crippen LogP contribution in [0.3, 0.4) is 0 Å². The third-order valence-electron chi connectivity index (χ3n) is 4.95. The molecule has 1 saturated heterocycles. The lowest BCUT2D eigenvalue weighted by molar-refractivity contribution is -0.137. The fraction of sp³-hybridized carbons (Fsp3) is 0.350. The van der Waals surface area contributed by atoms with Crippen LogP contribution >= 0.6 is 0 Å². The average Bonchev–Trinajstić information content (AvgIpc) is 2.72. The number of hydrogen-bond donors (Lipinski definition) is 1. The Bertz CT molecular complexity index is 1000. The van der Waals surface area contributed by atoms with Gasteiger partial charge in [0.05, 0.1) is 16.0 Å². The molecule has 0 atom stereocenters. The molecule has 2 aromatic rings. The van der Waals surface area contributed by atoms with Crippen molar-refractivity contribution in [3.63, 3.8) is 0 Å². The summed E-state index contributed by atoms with van der Waals surface area (Å²) in [4.78, 5) is 14.4. The van der Waals surface area contributed by atoms with E-state index in [0.717, 1.165) is 12.1 Å². The quantitative estimate of drug-likeness (QED) is 0.775. The van der Waals surface area contributed by atoms with Gasteiger partial charge in [-0.25, -0.2) is 8.42 Å². The molecule has 10 heteroatoms. The Morgan fingerprint density at radius 3 is 2.20 bits per heavy atom. The maximum Gasteiger partial charge on any atom is 0.417 e. The number of carbonyl (C=O) groups excluding carboxylic acids is 1. The third-order valence-corrected chi connectivity index (χ3v) is 6.87. The molecule has 0 aliphatic carbocycles. The second kappa shape index (κ2) is 8.75. The molecule has 1 amide bonds. The van der Waals surface area contributed by atoms with E-state index in [1.54, 1.807) is 12.1 Å². The Morgan fingerprint density at radius 1 is 1.00 bits per heavy atom. The number of halogens is 3. The van der Waals surface area contributed by atoms with Gasteiger partial charge in [-0.1, -0.05) is 24.3 Å². The molecule has 1 fully saturated rings. The van der Waals surface area contributed by atoms with Crippen LogP contribution in [-0.2, 0) is 22.7 Å². The van der Waals surface area contributed by atoms with E-state index in [2.05, 4.69) is 10.2 Å². The minimum Gasteiger partial charge on any atom is -0.348 e. The number of rotatable bonds is 5. The van der Waals surface area contributed by atoms with Gasteiger partial charge in [0.2, 0.25) is 10.0 Å². The molecule has 30 heavy (non-hydrogen) atoms. The van der Waals surface area contributed by atoms with E-state index in [1.807, 2.05) is 7.05 Å². The van der Waals surface area contributed by atoms with Crippen LogP contribution in [0, 0.1) is 0 Å². The lowest BCUT2D eigenvalue weighted by atomic mass is 10.1. The van der Waals surface area contributed by atoms with Crippen molar-refractivity contribution in [1.29, 1.82) is 0 Å². The second-order valence-electron chi connectivity index (χ2n) is 7.08. The first-order valence-corrected chi connectivity index (χ1v) is 10.7. The van der Waals surface area contributed by atoms with Crippen LogP contribution in [-0.4, -0.2) is 56.8 Å². The average molecular weight is 441 g/mol. The van der Waals surface area contributed by atoms with Crippen LogP contribution in [0.5, 0.6) is 0 Å². The zero-order valence-electron chi connectivity index (χ0n) is 16.3. The summed E-state index contributed by atoms with van der Waals surface area (Å²) in [5.41, 5.74) is -0.888. The summed E-state index contributed by atoms with van der Waals surface area (Å²) in [6, 6.07) is 10.5. The molecule has 1 heterocycles. The summed E-state index contributed by atoms with van der Waals surface area (Å²) in [5, 5.41) is 2.45. The van der Waals surface area contributed by atoms with E-state index in [-0.39, 0.29) is 11.4 Å². The number of alkyl halides is 3. The van der Waals surface area contributed by atoms with E-state index in [4.69, 9.17) is 0 Å². The minimum atomic E-state index is -4.63. The highest BCUT2D eigenvalue weighted by Crippen LogP contribution is 2.31. The maximum absolute atomic E-state index is 13.1. The zero-order chi connectivity index (χ0) is 21.9. The molecule has 0 spiro atoms. The summed E-state index contributed by atoms with van der Waals surface area (Å²) in [5.74, 6) is -0.850. The van der Waals surface area contributed by atoms with Gasteiger partial charge in [-0.2, -0.15) is 17.5 Å². The molecule has 0 bridgehead atoms. The first-order chi connectivity index (χ1) is 14.1. The highest BCUT2D eigenvalue weighted by atomic mass is 32.2. The van der Waals surface area contributed by atoms with Crippen LogP contribution in [0.4, 0.5) is 13.2 Å². The van der Waals surface area contributed by atoms with Crippen LogP contribution in [0.2, 0.25) is 0 Å². The van der Waals surface area contributed by atoms with Gasteiger partial charge < -0.3 is 10.2 Å².